The molecule has 4 nitrogen and oxygen atoms in total. The zero-order valence-electron chi connectivity index (χ0n) is 9.42. The van der Waals surface area contributed by atoms with Crippen LogP contribution in [0.3, 0.4) is 0 Å². The summed E-state index contributed by atoms with van der Waals surface area (Å²) >= 11 is 0. The molecule has 82 valence electrons. The van der Waals surface area contributed by atoms with E-state index in [-0.39, 0.29) is 11.7 Å². The molecule has 0 bridgehead atoms. The first-order valence-electron chi connectivity index (χ1n) is 4.47. The Labute approximate surface area is 90.3 Å². The standard InChI is InChI=1S/C11H17N3O/c1-7(2)8(3)6-14-10(12)9(4)11(15)13-5/h6H,1,3,12H2,2,4-5H3,(H,13,15)/b10-9+,14-6-. The molecule has 0 spiro atoms. The molecule has 15 heavy (non-hydrogen) atoms. The van der Waals surface area contributed by atoms with Crippen LogP contribution in [0.25, 0.3) is 0 Å². The van der Waals surface area contributed by atoms with E-state index >= 15 is 0 Å². The van der Waals surface area contributed by atoms with Gasteiger partial charge in [0.05, 0.1) is 5.57 Å². The summed E-state index contributed by atoms with van der Waals surface area (Å²) in [5.41, 5.74) is 7.46. The lowest BCUT2D eigenvalue weighted by Crippen LogP contribution is -2.21. The summed E-state index contributed by atoms with van der Waals surface area (Å²) in [5.74, 6) is -0.0673. The van der Waals surface area contributed by atoms with Gasteiger partial charge in [-0.3, -0.25) is 4.79 Å². The van der Waals surface area contributed by atoms with Crippen molar-refractivity contribution >= 4 is 12.1 Å². The van der Waals surface area contributed by atoms with Gasteiger partial charge in [0.25, 0.3) is 0 Å². The molecule has 0 aromatic rings. The van der Waals surface area contributed by atoms with E-state index in [2.05, 4.69) is 23.5 Å². The van der Waals surface area contributed by atoms with Gasteiger partial charge in [0, 0.05) is 13.3 Å². The summed E-state index contributed by atoms with van der Waals surface area (Å²) in [6, 6.07) is 0. The molecule has 0 rings (SSSR count). The van der Waals surface area contributed by atoms with Crippen LogP contribution < -0.4 is 11.1 Å². The van der Waals surface area contributed by atoms with Crippen molar-refractivity contribution in [3.63, 3.8) is 0 Å². The first-order chi connectivity index (χ1) is 6.90. The third-order valence-corrected chi connectivity index (χ3v) is 1.86. The zero-order valence-corrected chi connectivity index (χ0v) is 9.42. The second-order valence-corrected chi connectivity index (χ2v) is 3.15. The van der Waals surface area contributed by atoms with Crippen LogP contribution in [0.4, 0.5) is 0 Å². The van der Waals surface area contributed by atoms with Gasteiger partial charge in [-0.2, -0.15) is 0 Å². The fourth-order valence-electron chi connectivity index (χ4n) is 0.658. The van der Waals surface area contributed by atoms with Crippen LogP contribution in [-0.2, 0) is 4.79 Å². The minimum atomic E-state index is -0.245. The number of carbonyl (C=O) groups excluding carboxylic acids is 1. The second-order valence-electron chi connectivity index (χ2n) is 3.15. The van der Waals surface area contributed by atoms with E-state index in [1.165, 1.54) is 13.3 Å². The highest BCUT2D eigenvalue weighted by atomic mass is 16.1. The minimum absolute atomic E-state index is 0.178. The van der Waals surface area contributed by atoms with Crippen molar-refractivity contribution in [1.29, 1.82) is 0 Å². The predicted octanol–water partition coefficient (Wildman–Crippen LogP) is 1.13. The number of nitrogens with two attached hydrogens (primary N) is 1. The van der Waals surface area contributed by atoms with Gasteiger partial charge >= 0.3 is 0 Å². The molecule has 0 atom stereocenters. The largest absolute Gasteiger partial charge is 0.383 e. The molecule has 3 N–H and O–H groups in total. The van der Waals surface area contributed by atoms with E-state index < -0.39 is 0 Å². The summed E-state index contributed by atoms with van der Waals surface area (Å²) in [6.07, 6.45) is 1.49. The lowest BCUT2D eigenvalue weighted by Gasteiger charge is -2.02. The van der Waals surface area contributed by atoms with Gasteiger partial charge in [0.2, 0.25) is 5.91 Å². The fourth-order valence-corrected chi connectivity index (χ4v) is 0.658. The van der Waals surface area contributed by atoms with E-state index in [4.69, 9.17) is 5.73 Å². The van der Waals surface area contributed by atoms with Crippen molar-refractivity contribution in [1.82, 2.24) is 5.32 Å². The third kappa shape index (κ3) is 4.26. The minimum Gasteiger partial charge on any atom is -0.383 e. The lowest BCUT2D eigenvalue weighted by atomic mass is 10.2. The van der Waals surface area contributed by atoms with E-state index in [1.807, 2.05) is 6.92 Å². The van der Waals surface area contributed by atoms with Gasteiger partial charge in [-0.05, 0) is 19.4 Å². The Morgan fingerprint density at radius 2 is 1.93 bits per heavy atom. The molecule has 4 heteroatoms. The second kappa shape index (κ2) is 5.80. The summed E-state index contributed by atoms with van der Waals surface area (Å²) in [6.45, 7) is 10.9. The average Bonchev–Trinajstić information content (AvgIpc) is 2.22. The van der Waals surface area contributed by atoms with Crippen molar-refractivity contribution in [2.45, 2.75) is 13.8 Å². The number of likely N-dealkylation sites (N-methyl/N-ethyl adjacent to an activating group) is 1. The molecule has 0 unspecified atom stereocenters. The van der Waals surface area contributed by atoms with Crippen LogP contribution in [0.15, 0.2) is 40.7 Å². The van der Waals surface area contributed by atoms with Gasteiger partial charge in [-0.25, -0.2) is 4.99 Å². The number of carbonyl (C=O) groups is 1. The number of amides is 1. The molecule has 0 saturated heterocycles. The van der Waals surface area contributed by atoms with E-state index in [0.29, 0.717) is 11.1 Å². The van der Waals surface area contributed by atoms with Crippen LogP contribution >= 0.6 is 0 Å². The molecule has 0 aliphatic carbocycles. The molecular weight excluding hydrogens is 190 g/mol. The molecule has 0 aromatic carbocycles. The first kappa shape index (κ1) is 13.2. The predicted molar refractivity (Wildman–Crippen MR) is 63.4 cm³/mol. The summed E-state index contributed by atoms with van der Waals surface area (Å²) in [7, 11) is 1.54. The highest BCUT2D eigenvalue weighted by Gasteiger charge is 2.04. The monoisotopic (exact) mass is 207 g/mol. The zero-order chi connectivity index (χ0) is 12.0. The van der Waals surface area contributed by atoms with Crippen LogP contribution in [0.2, 0.25) is 0 Å². The summed E-state index contributed by atoms with van der Waals surface area (Å²) in [5, 5.41) is 2.47. The van der Waals surface area contributed by atoms with Crippen LogP contribution in [0, 0.1) is 0 Å². The van der Waals surface area contributed by atoms with Gasteiger partial charge < -0.3 is 11.1 Å². The summed E-state index contributed by atoms with van der Waals surface area (Å²) < 4.78 is 0. The number of hydrogen-bond acceptors (Lipinski definition) is 3. The van der Waals surface area contributed by atoms with Crippen molar-refractivity contribution < 1.29 is 4.79 Å². The molecular formula is C11H17N3O. The number of allylic oxidation sites excluding steroid dienone is 2. The molecule has 0 aromatic heterocycles. The normalized spacial score (nSPS) is 12.2. The molecule has 0 fully saturated rings. The number of nitrogens with one attached hydrogen (secondary N) is 1. The maximum atomic E-state index is 11.2. The van der Waals surface area contributed by atoms with Crippen LogP contribution in [0.5, 0.6) is 0 Å². The van der Waals surface area contributed by atoms with Crippen molar-refractivity contribution in [3.8, 4) is 0 Å². The highest BCUT2D eigenvalue weighted by Crippen LogP contribution is 2.03. The molecule has 0 aliphatic heterocycles. The van der Waals surface area contributed by atoms with Crippen molar-refractivity contribution in [3.05, 3.63) is 35.7 Å². The molecule has 1 amide bonds. The van der Waals surface area contributed by atoms with Gasteiger partial charge in [-0.1, -0.05) is 18.7 Å². The van der Waals surface area contributed by atoms with Crippen molar-refractivity contribution in [2.75, 3.05) is 7.05 Å². The quantitative estimate of drug-likeness (QED) is 0.412. The Morgan fingerprint density at radius 3 is 2.33 bits per heavy atom. The highest BCUT2D eigenvalue weighted by molar-refractivity contribution is 5.93. The Bertz CT molecular complexity index is 351. The SMILES string of the molecule is C=C(C)C(=C)/C=N\C(N)=C(/C)C(=O)NC. The number of hydrogen-bond donors (Lipinski definition) is 2. The van der Waals surface area contributed by atoms with Gasteiger partial charge in [0.1, 0.15) is 5.82 Å². The van der Waals surface area contributed by atoms with E-state index in [0.717, 1.165) is 5.57 Å². The molecule has 0 heterocycles. The molecule has 0 aliphatic rings. The van der Waals surface area contributed by atoms with Crippen LogP contribution in [0.1, 0.15) is 13.8 Å². The Hall–Kier alpha value is -1.84. The first-order valence-corrected chi connectivity index (χ1v) is 4.47. The van der Waals surface area contributed by atoms with Crippen molar-refractivity contribution in [2.24, 2.45) is 10.7 Å². The smallest absolute Gasteiger partial charge is 0.250 e. The van der Waals surface area contributed by atoms with E-state index in [1.54, 1.807) is 6.92 Å². The maximum Gasteiger partial charge on any atom is 0.250 e. The molecule has 0 radical (unpaired) electrons. The topological polar surface area (TPSA) is 67.5 Å². The number of rotatable bonds is 4. The maximum absolute atomic E-state index is 11.2. The molecule has 0 saturated carbocycles. The van der Waals surface area contributed by atoms with Gasteiger partial charge in [-0.15, -0.1) is 0 Å². The number of nitrogens with zero attached hydrogens (tertiary/aromatic N) is 1. The van der Waals surface area contributed by atoms with Gasteiger partial charge in [0.15, 0.2) is 0 Å². The van der Waals surface area contributed by atoms with Crippen LogP contribution in [-0.4, -0.2) is 19.2 Å². The Kier molecular flexibility index (Phi) is 5.09. The van der Waals surface area contributed by atoms with E-state index in [9.17, 15) is 4.79 Å². The average molecular weight is 207 g/mol. The third-order valence-electron chi connectivity index (χ3n) is 1.86. The Morgan fingerprint density at radius 1 is 1.40 bits per heavy atom. The lowest BCUT2D eigenvalue weighted by molar-refractivity contribution is -0.117. The fraction of sp³-hybridized carbons (Fsp3) is 0.273. The number of aliphatic imine (C=N–C) groups is 1. The Balaban J connectivity index is 4.74. The summed E-state index contributed by atoms with van der Waals surface area (Å²) in [4.78, 5) is 15.1.